The van der Waals surface area contributed by atoms with Gasteiger partial charge < -0.3 is 9.22 Å². The van der Waals surface area contributed by atoms with Crippen LogP contribution in [0.3, 0.4) is 0 Å². The van der Waals surface area contributed by atoms with Gasteiger partial charge in [0.1, 0.15) is 6.29 Å². The van der Waals surface area contributed by atoms with Crippen molar-refractivity contribution in [3.05, 3.63) is 12.2 Å². The molecule has 3 rings (SSSR count). The van der Waals surface area contributed by atoms with E-state index in [4.69, 9.17) is 4.43 Å². The van der Waals surface area contributed by atoms with E-state index >= 15 is 0 Å². The van der Waals surface area contributed by atoms with Gasteiger partial charge in [0.25, 0.3) is 0 Å². The van der Waals surface area contributed by atoms with Crippen molar-refractivity contribution in [3.8, 4) is 0 Å². The van der Waals surface area contributed by atoms with Crippen molar-refractivity contribution in [3.63, 3.8) is 0 Å². The standard InChI is InChI=1S/C18H32O2Si/c1-14-12-18(13-20-21(5,6)17(2,3)4)9-7-15(14)11-16(18)8-10-19/h10,15-16H,1,7-9,11-13H2,2-6H3/t15-,16+,18-/m0/s1. The molecule has 0 unspecified atom stereocenters. The van der Waals surface area contributed by atoms with Gasteiger partial charge in [-0.1, -0.05) is 32.9 Å². The molecule has 0 aromatic carbocycles. The fraction of sp³-hybridized carbons (Fsp3) is 0.833. The third-order valence-electron chi connectivity index (χ3n) is 6.49. The van der Waals surface area contributed by atoms with Crippen LogP contribution in [-0.4, -0.2) is 21.2 Å². The van der Waals surface area contributed by atoms with Gasteiger partial charge in [-0.15, -0.1) is 0 Å². The summed E-state index contributed by atoms with van der Waals surface area (Å²) in [5, 5.41) is 0.243. The smallest absolute Gasteiger partial charge is 0.192 e. The topological polar surface area (TPSA) is 26.3 Å². The quantitative estimate of drug-likeness (QED) is 0.407. The molecule has 0 saturated heterocycles. The van der Waals surface area contributed by atoms with E-state index in [9.17, 15) is 4.79 Å². The number of carbonyl (C=O) groups is 1. The molecule has 0 amide bonds. The van der Waals surface area contributed by atoms with Crippen molar-refractivity contribution < 1.29 is 9.22 Å². The summed E-state index contributed by atoms with van der Waals surface area (Å²) in [4.78, 5) is 11.1. The van der Waals surface area contributed by atoms with Crippen molar-refractivity contribution in [2.45, 2.75) is 71.0 Å². The van der Waals surface area contributed by atoms with E-state index in [1.54, 1.807) is 0 Å². The van der Waals surface area contributed by atoms with Gasteiger partial charge in [-0.2, -0.15) is 0 Å². The molecule has 3 fully saturated rings. The summed E-state index contributed by atoms with van der Waals surface area (Å²) in [5.74, 6) is 1.16. The van der Waals surface area contributed by atoms with Crippen LogP contribution in [0.5, 0.6) is 0 Å². The first-order valence-electron chi connectivity index (χ1n) is 8.36. The second kappa shape index (κ2) is 5.66. The molecule has 0 N–H and O–H groups in total. The third-order valence-corrected chi connectivity index (χ3v) is 11.0. The maximum atomic E-state index is 11.1. The Balaban J connectivity index is 2.14. The highest BCUT2D eigenvalue weighted by Crippen LogP contribution is 2.57. The molecular formula is C18H32O2Si. The van der Waals surface area contributed by atoms with E-state index in [0.29, 0.717) is 18.3 Å². The Bertz CT molecular complexity index is 421. The van der Waals surface area contributed by atoms with Crippen molar-refractivity contribution in [2.24, 2.45) is 17.3 Å². The molecule has 0 aromatic heterocycles. The van der Waals surface area contributed by atoms with Crippen LogP contribution in [-0.2, 0) is 9.22 Å². The Morgan fingerprint density at radius 1 is 1.43 bits per heavy atom. The van der Waals surface area contributed by atoms with Gasteiger partial charge in [-0.3, -0.25) is 0 Å². The van der Waals surface area contributed by atoms with E-state index < -0.39 is 8.32 Å². The minimum absolute atomic E-state index is 0.183. The maximum absolute atomic E-state index is 11.1. The molecule has 0 spiro atoms. The van der Waals surface area contributed by atoms with Crippen LogP contribution < -0.4 is 0 Å². The minimum Gasteiger partial charge on any atom is -0.416 e. The van der Waals surface area contributed by atoms with E-state index in [2.05, 4.69) is 40.4 Å². The molecule has 2 bridgehead atoms. The molecule has 3 aliphatic rings. The summed E-state index contributed by atoms with van der Waals surface area (Å²) < 4.78 is 6.56. The Morgan fingerprint density at radius 3 is 2.62 bits per heavy atom. The van der Waals surface area contributed by atoms with Gasteiger partial charge in [0.05, 0.1) is 0 Å². The van der Waals surface area contributed by atoms with Gasteiger partial charge in [0.2, 0.25) is 0 Å². The molecule has 0 radical (unpaired) electrons. The van der Waals surface area contributed by atoms with E-state index in [0.717, 1.165) is 25.7 Å². The highest BCUT2D eigenvalue weighted by molar-refractivity contribution is 6.74. The second-order valence-electron chi connectivity index (χ2n) is 8.82. The monoisotopic (exact) mass is 308 g/mol. The summed E-state index contributed by atoms with van der Waals surface area (Å²) in [6.07, 6.45) is 6.49. The van der Waals surface area contributed by atoms with Crippen molar-refractivity contribution in [2.75, 3.05) is 6.61 Å². The van der Waals surface area contributed by atoms with Gasteiger partial charge in [-0.05, 0) is 61.1 Å². The zero-order chi connectivity index (χ0) is 15.9. The van der Waals surface area contributed by atoms with Crippen molar-refractivity contribution >= 4 is 14.6 Å². The van der Waals surface area contributed by atoms with Crippen LogP contribution in [0, 0.1) is 17.3 Å². The van der Waals surface area contributed by atoms with Crippen LogP contribution in [0.4, 0.5) is 0 Å². The van der Waals surface area contributed by atoms with Gasteiger partial charge in [-0.25, -0.2) is 0 Å². The fourth-order valence-corrected chi connectivity index (χ4v) is 4.90. The lowest BCUT2D eigenvalue weighted by atomic mass is 9.53. The number of allylic oxidation sites excluding steroid dienone is 1. The number of fused-ring (bicyclic) bond motifs is 3. The van der Waals surface area contributed by atoms with Crippen LogP contribution in [0.1, 0.15) is 52.9 Å². The number of hydrogen-bond acceptors (Lipinski definition) is 2. The lowest BCUT2D eigenvalue weighted by molar-refractivity contribution is -0.111. The summed E-state index contributed by atoms with van der Waals surface area (Å²) in [6.45, 7) is 16.6. The predicted octanol–water partition coefficient (Wildman–Crippen LogP) is 4.96. The Labute approximate surface area is 131 Å². The highest BCUT2D eigenvalue weighted by atomic mass is 28.4. The lowest BCUT2D eigenvalue weighted by Crippen LogP contribution is -2.50. The Morgan fingerprint density at radius 2 is 2.10 bits per heavy atom. The average Bonchev–Trinajstić information content (AvgIpc) is 2.37. The first-order valence-corrected chi connectivity index (χ1v) is 11.3. The highest BCUT2D eigenvalue weighted by Gasteiger charge is 2.50. The van der Waals surface area contributed by atoms with Crippen LogP contribution in [0.25, 0.3) is 0 Å². The molecule has 3 atom stereocenters. The largest absolute Gasteiger partial charge is 0.416 e. The number of rotatable bonds is 5. The summed E-state index contributed by atoms with van der Waals surface area (Å²) in [6, 6.07) is 0. The molecule has 120 valence electrons. The molecule has 0 heterocycles. The molecule has 21 heavy (non-hydrogen) atoms. The van der Waals surface area contributed by atoms with Gasteiger partial charge in [0.15, 0.2) is 8.32 Å². The fourth-order valence-electron chi connectivity index (χ4n) is 3.82. The first-order chi connectivity index (χ1) is 9.61. The molecule has 3 saturated carbocycles. The van der Waals surface area contributed by atoms with Gasteiger partial charge in [0, 0.05) is 13.0 Å². The van der Waals surface area contributed by atoms with E-state index in [1.807, 2.05) is 0 Å². The van der Waals surface area contributed by atoms with Gasteiger partial charge >= 0.3 is 0 Å². The average molecular weight is 309 g/mol. The SMILES string of the molecule is C=C1C[C@]2(CO[Si](C)(C)C(C)(C)C)CC[C@H]1C[C@H]2CC=O. The van der Waals surface area contributed by atoms with Crippen LogP contribution >= 0.6 is 0 Å². The zero-order valence-corrected chi connectivity index (χ0v) is 15.5. The molecular weight excluding hydrogens is 276 g/mol. The third kappa shape index (κ3) is 3.19. The Kier molecular flexibility index (Phi) is 4.57. The second-order valence-corrected chi connectivity index (χ2v) is 13.6. The van der Waals surface area contributed by atoms with Crippen molar-refractivity contribution in [1.29, 1.82) is 0 Å². The Hall–Kier alpha value is -0.413. The van der Waals surface area contributed by atoms with Crippen LogP contribution in [0.2, 0.25) is 18.1 Å². The number of aldehydes is 1. The molecule has 0 aliphatic heterocycles. The molecule has 0 aromatic rings. The molecule has 3 aliphatic carbocycles. The lowest BCUT2D eigenvalue weighted by Gasteiger charge is -2.54. The normalized spacial score (nSPS) is 33.3. The van der Waals surface area contributed by atoms with Crippen LogP contribution in [0.15, 0.2) is 12.2 Å². The van der Waals surface area contributed by atoms with E-state index in [1.165, 1.54) is 18.4 Å². The first kappa shape index (κ1) is 16.9. The molecule has 3 heteroatoms. The molecule has 2 nitrogen and oxygen atoms in total. The minimum atomic E-state index is -1.73. The summed E-state index contributed by atoms with van der Waals surface area (Å²) >= 11 is 0. The number of hydrogen-bond donors (Lipinski definition) is 0. The van der Waals surface area contributed by atoms with Crippen molar-refractivity contribution in [1.82, 2.24) is 0 Å². The number of carbonyl (C=O) groups excluding carboxylic acids is 1. The summed E-state index contributed by atoms with van der Waals surface area (Å²) in [5.41, 5.74) is 1.59. The maximum Gasteiger partial charge on any atom is 0.192 e. The zero-order valence-electron chi connectivity index (χ0n) is 14.5. The summed E-state index contributed by atoms with van der Waals surface area (Å²) in [7, 11) is -1.73. The predicted molar refractivity (Wildman–Crippen MR) is 90.9 cm³/mol. The van der Waals surface area contributed by atoms with E-state index in [-0.39, 0.29) is 10.5 Å².